The lowest BCUT2D eigenvalue weighted by atomic mass is 10.1. The van der Waals surface area contributed by atoms with E-state index >= 15 is 4.39 Å². The quantitative estimate of drug-likeness (QED) is 0.136. The molecule has 1 aliphatic heterocycles. The summed E-state index contributed by atoms with van der Waals surface area (Å²) in [6.07, 6.45) is -6.36. The van der Waals surface area contributed by atoms with E-state index in [0.29, 0.717) is 4.90 Å². The zero-order valence-corrected chi connectivity index (χ0v) is 33.7. The van der Waals surface area contributed by atoms with Gasteiger partial charge in [0.15, 0.2) is 18.1 Å². The molecule has 0 bridgehead atoms. The summed E-state index contributed by atoms with van der Waals surface area (Å²) in [6, 6.07) is 5.97. The van der Waals surface area contributed by atoms with Gasteiger partial charge in [0, 0.05) is 6.20 Å². The molecule has 1 fully saturated rings. The zero-order chi connectivity index (χ0) is 41.0. The number of imide groups is 1. The third-order valence-corrected chi connectivity index (χ3v) is 9.90. The van der Waals surface area contributed by atoms with Gasteiger partial charge in [0.25, 0.3) is 0 Å². The monoisotopic (exact) mass is 802 g/mol. The smallest absolute Gasteiger partial charge is 0.480 e. The SMILES string of the molecule is Cc1ccc(OP(=O)(NC(C)C(=O)O)OC[C@H]2S[C@@H](n3ccc(N(C(=O)OC(C)(C)C)C(=O)OC(C)(C)C)nc3=O)[C@@H](F)[C@@H]2OC(=O)OC(C)(C)C)cc1. The van der Waals surface area contributed by atoms with Crippen molar-refractivity contribution in [2.75, 3.05) is 11.5 Å². The van der Waals surface area contributed by atoms with Crippen molar-refractivity contribution in [2.24, 2.45) is 0 Å². The van der Waals surface area contributed by atoms with Gasteiger partial charge in [-0.05, 0) is 94.4 Å². The van der Waals surface area contributed by atoms with Crippen LogP contribution in [0.5, 0.6) is 5.75 Å². The minimum Gasteiger partial charge on any atom is -0.480 e. The van der Waals surface area contributed by atoms with Crippen molar-refractivity contribution in [3.63, 3.8) is 0 Å². The molecule has 1 aromatic heterocycles. The van der Waals surface area contributed by atoms with Gasteiger partial charge < -0.3 is 28.6 Å². The molecule has 3 rings (SSSR count). The first kappa shape index (κ1) is 44.2. The minimum atomic E-state index is -4.51. The molecular formula is C34H48FN4O13PS. The maximum absolute atomic E-state index is 16.4. The van der Waals surface area contributed by atoms with Gasteiger partial charge in [0.1, 0.15) is 34.0 Å². The number of rotatable bonds is 11. The Kier molecular flexibility index (Phi) is 14.0. The topological polar surface area (TPSA) is 211 Å². The molecule has 1 saturated heterocycles. The second-order valence-corrected chi connectivity index (χ2v) is 18.3. The molecule has 17 nitrogen and oxygen atoms in total. The second-order valence-electron chi connectivity index (χ2n) is 15.2. The summed E-state index contributed by atoms with van der Waals surface area (Å²) in [5.74, 6) is -1.78. The standard InChI is InChI=1S/C34H48FN4O13PS/c1-19-12-14-21(15-13-19)52-53(46,37-20(2)27(40)41)47-18-22-25(48-31(45)51-34(9,10)11)24(35)26(54-22)38-17-16-23(36-28(38)42)39(29(43)49-32(3,4)5)30(44)50-33(6,7)8/h12-17,20,22,24-26H,18H2,1-11H3,(H,37,46)(H,40,41)/t20?,22-,24+,25-,26-,53?/m1/s1. The summed E-state index contributed by atoms with van der Waals surface area (Å²) in [4.78, 5) is 68.4. The fourth-order valence-electron chi connectivity index (χ4n) is 4.47. The van der Waals surface area contributed by atoms with E-state index in [0.717, 1.165) is 34.2 Å². The number of ether oxygens (including phenoxy) is 4. The van der Waals surface area contributed by atoms with Crippen LogP contribution in [0.25, 0.3) is 0 Å². The molecule has 1 aliphatic rings. The largest absolute Gasteiger partial charge is 0.509 e. The number of benzene rings is 1. The number of amides is 2. The number of carbonyl (C=O) groups excluding carboxylic acids is 3. The minimum absolute atomic E-state index is 0.0698. The number of aliphatic carboxylic acids is 1. The summed E-state index contributed by atoms with van der Waals surface area (Å²) >= 11 is 0.743. The number of nitrogens with zero attached hydrogens (tertiary/aromatic N) is 3. The molecule has 1 aromatic carbocycles. The fourth-order valence-corrected chi connectivity index (χ4v) is 7.55. The highest BCUT2D eigenvalue weighted by Gasteiger charge is 2.50. The van der Waals surface area contributed by atoms with E-state index in [1.165, 1.54) is 19.1 Å². The number of halogens is 1. The second kappa shape index (κ2) is 17.1. The van der Waals surface area contributed by atoms with Crippen molar-refractivity contribution in [3.05, 3.63) is 52.6 Å². The number of carbonyl (C=O) groups is 4. The Hall–Kier alpha value is -4.19. The van der Waals surface area contributed by atoms with Crippen molar-refractivity contribution >= 4 is 49.6 Å². The van der Waals surface area contributed by atoms with E-state index in [2.05, 4.69) is 10.1 Å². The number of anilines is 1. The Morgan fingerprint density at radius 1 is 0.963 bits per heavy atom. The third kappa shape index (κ3) is 13.0. The lowest BCUT2D eigenvalue weighted by Crippen LogP contribution is -2.45. The molecule has 0 radical (unpaired) electrons. The number of thioether (sulfide) groups is 1. The van der Waals surface area contributed by atoms with Crippen LogP contribution in [0.15, 0.2) is 41.3 Å². The Morgan fingerprint density at radius 3 is 1.98 bits per heavy atom. The molecular weight excluding hydrogens is 754 g/mol. The van der Waals surface area contributed by atoms with Gasteiger partial charge in [-0.25, -0.2) is 28.1 Å². The normalized spacial score (nSPS) is 20.6. The van der Waals surface area contributed by atoms with Crippen LogP contribution in [0.1, 0.15) is 80.2 Å². The van der Waals surface area contributed by atoms with E-state index in [-0.39, 0.29) is 5.75 Å². The maximum Gasteiger partial charge on any atom is 0.509 e. The summed E-state index contributed by atoms with van der Waals surface area (Å²) in [5, 5.41) is 9.16. The Labute approximate surface area is 316 Å². The zero-order valence-electron chi connectivity index (χ0n) is 32.0. The van der Waals surface area contributed by atoms with Crippen LogP contribution < -0.4 is 20.2 Å². The van der Waals surface area contributed by atoms with E-state index in [1.54, 1.807) is 74.4 Å². The number of hydrogen-bond acceptors (Lipinski definition) is 14. The van der Waals surface area contributed by atoms with Crippen molar-refractivity contribution < 1.29 is 61.2 Å². The van der Waals surface area contributed by atoms with Crippen molar-refractivity contribution in [3.8, 4) is 5.75 Å². The summed E-state index contributed by atoms with van der Waals surface area (Å²) in [7, 11) is -4.51. The van der Waals surface area contributed by atoms with Crippen molar-refractivity contribution in [2.45, 2.75) is 122 Å². The summed E-state index contributed by atoms with van der Waals surface area (Å²) < 4.78 is 63.7. The number of aromatic nitrogens is 2. The fraction of sp³-hybridized carbons (Fsp3) is 0.588. The lowest BCUT2D eigenvalue weighted by molar-refractivity contribution is -0.138. The molecule has 2 unspecified atom stereocenters. The Morgan fingerprint density at radius 2 is 1.50 bits per heavy atom. The molecule has 0 spiro atoms. The summed E-state index contributed by atoms with van der Waals surface area (Å²) in [5.41, 5.74) is -3.39. The van der Waals surface area contributed by atoms with Crippen LogP contribution in [0.3, 0.4) is 0 Å². The highest BCUT2D eigenvalue weighted by atomic mass is 32.2. The first-order chi connectivity index (χ1) is 24.7. The number of carboxylic acids is 1. The van der Waals surface area contributed by atoms with Gasteiger partial charge in [-0.15, -0.1) is 11.8 Å². The van der Waals surface area contributed by atoms with Crippen molar-refractivity contribution in [1.29, 1.82) is 0 Å². The first-order valence-corrected chi connectivity index (χ1v) is 19.2. The number of hydrogen-bond donors (Lipinski definition) is 2. The number of carboxylic acid groups (broad SMARTS) is 1. The van der Waals surface area contributed by atoms with Gasteiger partial charge in [-0.2, -0.15) is 15.0 Å². The summed E-state index contributed by atoms with van der Waals surface area (Å²) in [6.45, 7) is 16.4. The Bertz CT molecular complexity index is 1760. The van der Waals surface area contributed by atoms with E-state index in [4.69, 9.17) is 28.0 Å². The molecule has 2 heterocycles. The number of alkyl halides is 1. The molecule has 2 amide bonds. The predicted molar refractivity (Wildman–Crippen MR) is 195 cm³/mol. The van der Waals surface area contributed by atoms with Crippen LogP contribution in [-0.4, -0.2) is 85.9 Å². The molecule has 2 N–H and O–H groups in total. The van der Waals surface area contributed by atoms with Crippen LogP contribution >= 0.6 is 19.5 Å². The molecule has 0 aliphatic carbocycles. The van der Waals surface area contributed by atoms with Gasteiger partial charge in [0.05, 0.1) is 11.9 Å². The average Bonchev–Trinajstić information content (AvgIpc) is 3.28. The van der Waals surface area contributed by atoms with Gasteiger partial charge in [-0.3, -0.25) is 13.9 Å². The van der Waals surface area contributed by atoms with E-state index in [1.807, 2.05) is 6.92 Å². The molecule has 0 saturated carbocycles. The molecule has 300 valence electrons. The number of aryl methyl sites for hydroxylation is 1. The van der Waals surface area contributed by atoms with Gasteiger partial charge in [0.2, 0.25) is 0 Å². The van der Waals surface area contributed by atoms with Crippen LogP contribution in [-0.2, 0) is 32.8 Å². The predicted octanol–water partition coefficient (Wildman–Crippen LogP) is 6.77. The van der Waals surface area contributed by atoms with Crippen LogP contribution in [0, 0.1) is 6.92 Å². The average molecular weight is 803 g/mol. The molecule has 2 aromatic rings. The first-order valence-electron chi connectivity index (χ1n) is 16.7. The van der Waals surface area contributed by atoms with Gasteiger partial charge >= 0.3 is 37.7 Å². The van der Waals surface area contributed by atoms with E-state index < -0.39 is 95.9 Å². The molecule has 20 heteroatoms. The number of nitrogens with one attached hydrogen (secondary N) is 1. The van der Waals surface area contributed by atoms with Crippen molar-refractivity contribution in [1.82, 2.24) is 14.6 Å². The van der Waals surface area contributed by atoms with E-state index in [9.17, 15) is 33.6 Å². The van der Waals surface area contributed by atoms with Crippen LogP contribution in [0.2, 0.25) is 0 Å². The maximum atomic E-state index is 16.4. The highest BCUT2D eigenvalue weighted by molar-refractivity contribution is 8.00. The third-order valence-electron chi connectivity index (χ3n) is 6.74. The highest BCUT2D eigenvalue weighted by Crippen LogP contribution is 2.50. The lowest BCUT2D eigenvalue weighted by Gasteiger charge is -2.28. The molecule has 6 atom stereocenters. The van der Waals surface area contributed by atoms with Crippen LogP contribution in [0.4, 0.5) is 24.6 Å². The Balaban J connectivity index is 2.00. The van der Waals surface area contributed by atoms with Gasteiger partial charge in [-0.1, -0.05) is 17.7 Å². The molecule has 54 heavy (non-hydrogen) atoms.